The molecule has 3 aromatic rings. The number of hydrogen-bond acceptors (Lipinski definition) is 5. The number of anilines is 1. The standard InChI is InChI=1S/C25H30ClN5O3/c1-15-18(16(2)27-23-22(15)24(34-4)29-30(23)3)10-11-21(32)28-20-14-17(26)8-9-19(20)25(33)31-12-6-5-7-13-31/h8-9,14H,5-7,10-13H2,1-4H3,(H,28,32). The molecule has 1 saturated heterocycles. The number of amides is 2. The smallest absolute Gasteiger partial charge is 0.255 e. The van der Waals surface area contributed by atoms with Gasteiger partial charge in [0.05, 0.1) is 23.7 Å². The van der Waals surface area contributed by atoms with Gasteiger partial charge >= 0.3 is 0 Å². The summed E-state index contributed by atoms with van der Waals surface area (Å²) in [5.41, 5.74) is 4.51. The van der Waals surface area contributed by atoms with Crippen molar-refractivity contribution in [3.8, 4) is 5.88 Å². The topological polar surface area (TPSA) is 89.3 Å². The Morgan fingerprint density at radius 3 is 2.62 bits per heavy atom. The predicted molar refractivity (Wildman–Crippen MR) is 133 cm³/mol. The fraction of sp³-hybridized carbons (Fsp3) is 0.440. The van der Waals surface area contributed by atoms with Crippen molar-refractivity contribution in [2.45, 2.75) is 46.0 Å². The molecule has 8 nitrogen and oxygen atoms in total. The number of benzene rings is 1. The Hall–Kier alpha value is -3.13. The molecular weight excluding hydrogens is 454 g/mol. The van der Waals surface area contributed by atoms with Gasteiger partial charge in [0.25, 0.3) is 5.91 Å². The Morgan fingerprint density at radius 1 is 1.18 bits per heavy atom. The van der Waals surface area contributed by atoms with Gasteiger partial charge in [0, 0.05) is 37.3 Å². The molecule has 180 valence electrons. The van der Waals surface area contributed by atoms with Crippen LogP contribution in [0.4, 0.5) is 5.69 Å². The number of rotatable bonds is 6. The number of piperidine rings is 1. The van der Waals surface area contributed by atoms with Crippen LogP contribution in [-0.2, 0) is 18.3 Å². The summed E-state index contributed by atoms with van der Waals surface area (Å²) in [7, 11) is 3.42. The molecule has 1 aliphatic heterocycles. The molecule has 1 N–H and O–H groups in total. The van der Waals surface area contributed by atoms with E-state index in [-0.39, 0.29) is 18.2 Å². The molecular formula is C25H30ClN5O3. The van der Waals surface area contributed by atoms with Gasteiger partial charge in [-0.3, -0.25) is 9.59 Å². The van der Waals surface area contributed by atoms with Crippen molar-refractivity contribution < 1.29 is 14.3 Å². The van der Waals surface area contributed by atoms with Crippen LogP contribution in [0, 0.1) is 13.8 Å². The van der Waals surface area contributed by atoms with Gasteiger partial charge in [0.15, 0.2) is 5.65 Å². The van der Waals surface area contributed by atoms with Gasteiger partial charge in [-0.2, -0.15) is 0 Å². The van der Waals surface area contributed by atoms with Crippen molar-refractivity contribution in [1.29, 1.82) is 0 Å². The molecule has 0 radical (unpaired) electrons. The third-order valence-corrected chi connectivity index (χ3v) is 6.68. The first kappa shape index (κ1) is 24.0. The number of pyridine rings is 1. The Bertz CT molecular complexity index is 1250. The normalized spacial score (nSPS) is 13.9. The highest BCUT2D eigenvalue weighted by atomic mass is 35.5. The van der Waals surface area contributed by atoms with E-state index < -0.39 is 0 Å². The number of hydrogen-bond donors (Lipinski definition) is 1. The van der Waals surface area contributed by atoms with Crippen molar-refractivity contribution >= 4 is 40.1 Å². The highest BCUT2D eigenvalue weighted by Gasteiger charge is 2.22. The Balaban J connectivity index is 1.52. The van der Waals surface area contributed by atoms with Crippen molar-refractivity contribution in [3.63, 3.8) is 0 Å². The second kappa shape index (κ2) is 10.0. The van der Waals surface area contributed by atoms with Crippen LogP contribution in [-0.4, -0.2) is 51.7 Å². The summed E-state index contributed by atoms with van der Waals surface area (Å²) >= 11 is 6.19. The molecule has 3 heterocycles. The van der Waals surface area contributed by atoms with Crippen LogP contribution in [0.1, 0.15) is 52.9 Å². The van der Waals surface area contributed by atoms with Crippen LogP contribution in [0.5, 0.6) is 5.88 Å². The van der Waals surface area contributed by atoms with Crippen LogP contribution < -0.4 is 10.1 Å². The van der Waals surface area contributed by atoms with E-state index in [1.165, 1.54) is 0 Å². The maximum Gasteiger partial charge on any atom is 0.255 e. The first-order valence-electron chi connectivity index (χ1n) is 11.6. The fourth-order valence-electron chi connectivity index (χ4n) is 4.63. The number of nitrogens with zero attached hydrogens (tertiary/aromatic N) is 4. The summed E-state index contributed by atoms with van der Waals surface area (Å²) < 4.78 is 7.12. The number of carbonyl (C=O) groups excluding carboxylic acids is 2. The second-order valence-corrected chi connectivity index (χ2v) is 9.16. The average Bonchev–Trinajstić information content (AvgIpc) is 3.14. The Kier molecular flexibility index (Phi) is 7.07. The van der Waals surface area contributed by atoms with Crippen LogP contribution in [0.15, 0.2) is 18.2 Å². The number of halogens is 1. The van der Waals surface area contributed by atoms with Crippen LogP contribution >= 0.6 is 11.6 Å². The minimum absolute atomic E-state index is 0.0725. The molecule has 4 rings (SSSR count). The summed E-state index contributed by atoms with van der Waals surface area (Å²) in [5.74, 6) is 0.261. The van der Waals surface area contributed by atoms with Crippen molar-refractivity contribution in [3.05, 3.63) is 45.6 Å². The number of aromatic nitrogens is 3. The second-order valence-electron chi connectivity index (χ2n) is 8.72. The zero-order valence-corrected chi connectivity index (χ0v) is 20.8. The highest BCUT2D eigenvalue weighted by molar-refractivity contribution is 6.31. The largest absolute Gasteiger partial charge is 0.479 e. The van der Waals surface area contributed by atoms with Gasteiger partial charge < -0.3 is 15.0 Å². The molecule has 0 bridgehead atoms. The lowest BCUT2D eigenvalue weighted by Crippen LogP contribution is -2.36. The van der Waals surface area contributed by atoms with E-state index in [0.29, 0.717) is 28.6 Å². The van der Waals surface area contributed by atoms with E-state index in [2.05, 4.69) is 15.4 Å². The zero-order valence-electron chi connectivity index (χ0n) is 20.1. The predicted octanol–water partition coefficient (Wildman–Crippen LogP) is 4.44. The maximum atomic E-state index is 13.1. The number of ether oxygens (including phenoxy) is 1. The molecule has 1 fully saturated rings. The molecule has 1 aliphatic rings. The monoisotopic (exact) mass is 483 g/mol. The molecule has 0 saturated carbocycles. The van der Waals surface area contributed by atoms with E-state index >= 15 is 0 Å². The number of likely N-dealkylation sites (tertiary alicyclic amines) is 1. The van der Waals surface area contributed by atoms with Gasteiger partial charge in [-0.25, -0.2) is 9.67 Å². The highest BCUT2D eigenvalue weighted by Crippen LogP contribution is 2.31. The van der Waals surface area contributed by atoms with E-state index in [1.54, 1.807) is 30.0 Å². The van der Waals surface area contributed by atoms with Crippen LogP contribution in [0.2, 0.25) is 5.02 Å². The number of carbonyl (C=O) groups is 2. The van der Waals surface area contributed by atoms with E-state index in [1.807, 2.05) is 25.8 Å². The summed E-state index contributed by atoms with van der Waals surface area (Å²) in [6.07, 6.45) is 3.87. The van der Waals surface area contributed by atoms with Crippen molar-refractivity contribution in [2.75, 3.05) is 25.5 Å². The first-order valence-corrected chi connectivity index (χ1v) is 11.9. The zero-order chi connectivity index (χ0) is 24.4. The fourth-order valence-corrected chi connectivity index (χ4v) is 4.80. The Morgan fingerprint density at radius 2 is 1.91 bits per heavy atom. The van der Waals surface area contributed by atoms with Crippen LogP contribution in [0.3, 0.4) is 0 Å². The quantitative estimate of drug-likeness (QED) is 0.559. The summed E-state index contributed by atoms with van der Waals surface area (Å²) in [4.78, 5) is 32.5. The SMILES string of the molecule is COc1nn(C)c2nc(C)c(CCC(=O)Nc3cc(Cl)ccc3C(=O)N3CCCCC3)c(C)c12. The molecule has 9 heteroatoms. The number of fused-ring (bicyclic) bond motifs is 1. The Labute approximate surface area is 204 Å². The molecule has 0 aliphatic carbocycles. The molecule has 34 heavy (non-hydrogen) atoms. The number of nitrogens with one attached hydrogen (secondary N) is 1. The summed E-state index contributed by atoms with van der Waals surface area (Å²) in [6, 6.07) is 5.01. The summed E-state index contributed by atoms with van der Waals surface area (Å²) in [6.45, 7) is 5.41. The number of aryl methyl sites for hydroxylation is 3. The maximum absolute atomic E-state index is 13.1. The van der Waals surface area contributed by atoms with Crippen molar-refractivity contribution in [2.24, 2.45) is 7.05 Å². The lowest BCUT2D eigenvalue weighted by molar-refractivity contribution is -0.116. The number of methoxy groups -OCH3 is 1. The van der Waals surface area contributed by atoms with Gasteiger partial charge in [-0.05, 0) is 68.9 Å². The van der Waals surface area contributed by atoms with Crippen molar-refractivity contribution in [1.82, 2.24) is 19.7 Å². The summed E-state index contributed by atoms with van der Waals surface area (Å²) in [5, 5.41) is 8.62. The molecule has 2 amide bonds. The van der Waals surface area contributed by atoms with E-state index in [4.69, 9.17) is 16.3 Å². The molecule has 2 aromatic heterocycles. The lowest BCUT2D eigenvalue weighted by atomic mass is 10.00. The van der Waals surface area contributed by atoms with Gasteiger partial charge in [0.2, 0.25) is 11.8 Å². The molecule has 0 spiro atoms. The third kappa shape index (κ3) is 4.73. The van der Waals surface area contributed by atoms with Gasteiger partial charge in [0.1, 0.15) is 0 Å². The van der Waals surface area contributed by atoms with E-state index in [0.717, 1.165) is 60.2 Å². The van der Waals surface area contributed by atoms with Crippen LogP contribution in [0.25, 0.3) is 11.0 Å². The molecule has 0 unspecified atom stereocenters. The molecule has 1 aromatic carbocycles. The van der Waals surface area contributed by atoms with Gasteiger partial charge in [-0.1, -0.05) is 11.6 Å². The van der Waals surface area contributed by atoms with Gasteiger partial charge in [-0.15, -0.1) is 5.10 Å². The first-order chi connectivity index (χ1) is 16.3. The van der Waals surface area contributed by atoms with E-state index in [9.17, 15) is 9.59 Å². The minimum atomic E-state index is -0.188. The minimum Gasteiger partial charge on any atom is -0.479 e. The lowest BCUT2D eigenvalue weighted by Gasteiger charge is -2.27. The third-order valence-electron chi connectivity index (χ3n) is 6.45. The average molecular weight is 484 g/mol. The molecule has 0 atom stereocenters.